The standard InChI is InChI=1S/C27H24F6N2O2S/c1-25(2,3)38(36)35-26(15-17-7-5-4-6-8-17,19-9-10-23(29)18(11-19)16-34)20-12-21(28)14-22(13-20)37-27(32,33)24(30)31/h4-14,24,35H,15H2,1-3H3/t26-,38-/m1/s1. The van der Waals surface area contributed by atoms with Crippen LogP contribution in [0.25, 0.3) is 0 Å². The molecule has 11 heteroatoms. The molecule has 3 aromatic carbocycles. The zero-order valence-corrected chi connectivity index (χ0v) is 21.4. The Morgan fingerprint density at radius 3 is 2.21 bits per heavy atom. The molecule has 0 spiro atoms. The number of nitrogens with zero attached hydrogens (tertiary/aromatic N) is 1. The van der Waals surface area contributed by atoms with Crippen LogP contribution in [0.3, 0.4) is 0 Å². The molecule has 1 N–H and O–H groups in total. The second-order valence-corrected chi connectivity index (χ2v) is 11.5. The van der Waals surface area contributed by atoms with Gasteiger partial charge in [0.25, 0.3) is 0 Å². The molecule has 202 valence electrons. The first-order valence-electron chi connectivity index (χ1n) is 11.3. The summed E-state index contributed by atoms with van der Waals surface area (Å²) in [6.45, 7) is 4.95. The molecule has 2 atom stereocenters. The van der Waals surface area contributed by atoms with E-state index in [2.05, 4.69) is 9.46 Å². The van der Waals surface area contributed by atoms with E-state index < -0.39 is 51.2 Å². The fourth-order valence-corrected chi connectivity index (χ4v) is 4.61. The number of hydrogen-bond donors (Lipinski definition) is 1. The molecule has 3 aromatic rings. The minimum atomic E-state index is -4.92. The lowest BCUT2D eigenvalue weighted by molar-refractivity contribution is -0.253. The molecular formula is C27H24F6N2O2S. The highest BCUT2D eigenvalue weighted by molar-refractivity contribution is 7.84. The molecule has 0 amide bonds. The maximum Gasteiger partial charge on any atom is 0.461 e. The molecule has 0 aromatic heterocycles. The number of hydrogen-bond acceptors (Lipinski definition) is 3. The van der Waals surface area contributed by atoms with Crippen molar-refractivity contribution in [2.24, 2.45) is 0 Å². The molecule has 0 fully saturated rings. The lowest BCUT2D eigenvalue weighted by atomic mass is 9.78. The average molecular weight is 555 g/mol. The summed E-state index contributed by atoms with van der Waals surface area (Å²) in [5.41, 5.74) is -1.47. The fourth-order valence-electron chi connectivity index (χ4n) is 3.68. The van der Waals surface area contributed by atoms with Crippen LogP contribution in [-0.2, 0) is 22.9 Å². The lowest BCUT2D eigenvalue weighted by Crippen LogP contribution is -2.50. The van der Waals surface area contributed by atoms with Crippen LogP contribution in [0.5, 0.6) is 5.75 Å². The molecule has 0 radical (unpaired) electrons. The number of rotatable bonds is 9. The quantitative estimate of drug-likeness (QED) is 0.303. The lowest BCUT2D eigenvalue weighted by Gasteiger charge is -2.38. The molecule has 0 unspecified atom stereocenters. The molecule has 0 aliphatic carbocycles. The summed E-state index contributed by atoms with van der Waals surface area (Å²) in [6, 6.07) is 16.1. The van der Waals surface area contributed by atoms with Gasteiger partial charge in [-0.2, -0.15) is 22.8 Å². The van der Waals surface area contributed by atoms with Crippen molar-refractivity contribution in [2.75, 3.05) is 0 Å². The highest BCUT2D eigenvalue weighted by Gasteiger charge is 2.45. The van der Waals surface area contributed by atoms with Crippen LogP contribution in [0.15, 0.2) is 66.7 Å². The SMILES string of the molecule is CC(C)(C)[S@@](=O)N[C@@](Cc1ccccc1)(c1cc(F)cc(OC(F)(F)C(F)F)c1)c1ccc(F)c(C#N)c1. The van der Waals surface area contributed by atoms with E-state index in [1.54, 1.807) is 57.2 Å². The third kappa shape index (κ3) is 6.55. The molecule has 0 saturated carbocycles. The Balaban J connectivity index is 2.36. The van der Waals surface area contributed by atoms with Crippen LogP contribution < -0.4 is 9.46 Å². The number of nitriles is 1. The van der Waals surface area contributed by atoms with Crippen LogP contribution in [0.1, 0.15) is 43.0 Å². The van der Waals surface area contributed by atoms with E-state index in [1.165, 1.54) is 12.1 Å². The van der Waals surface area contributed by atoms with Gasteiger partial charge in [0.15, 0.2) is 0 Å². The third-order valence-corrected chi connectivity index (χ3v) is 7.23. The summed E-state index contributed by atoms with van der Waals surface area (Å²) < 4.78 is 102. The second kappa shape index (κ2) is 11.2. The van der Waals surface area contributed by atoms with Crippen LogP contribution in [0, 0.1) is 23.0 Å². The van der Waals surface area contributed by atoms with Gasteiger partial charge in [0.05, 0.1) is 26.8 Å². The van der Waals surface area contributed by atoms with E-state index in [9.17, 15) is 35.8 Å². The predicted molar refractivity (Wildman–Crippen MR) is 131 cm³/mol. The van der Waals surface area contributed by atoms with Gasteiger partial charge in [-0.1, -0.05) is 36.4 Å². The van der Waals surface area contributed by atoms with Gasteiger partial charge in [-0.05, 0) is 68.1 Å². The minimum absolute atomic E-state index is 0.0830. The highest BCUT2D eigenvalue weighted by Crippen LogP contribution is 2.39. The van der Waals surface area contributed by atoms with Crippen LogP contribution in [0.4, 0.5) is 26.3 Å². The van der Waals surface area contributed by atoms with Crippen molar-refractivity contribution in [3.05, 3.63) is 101 Å². The normalized spacial score (nSPS) is 14.6. The van der Waals surface area contributed by atoms with Crippen molar-refractivity contribution in [1.82, 2.24) is 4.72 Å². The molecule has 38 heavy (non-hydrogen) atoms. The van der Waals surface area contributed by atoms with Gasteiger partial charge < -0.3 is 4.74 Å². The fraction of sp³-hybridized carbons (Fsp3) is 0.296. The molecule has 0 saturated heterocycles. The Morgan fingerprint density at radius 1 is 0.974 bits per heavy atom. The first-order valence-corrected chi connectivity index (χ1v) is 12.4. The van der Waals surface area contributed by atoms with Gasteiger partial charge in [0, 0.05) is 6.07 Å². The number of alkyl halides is 4. The van der Waals surface area contributed by atoms with Crippen LogP contribution in [-0.4, -0.2) is 21.5 Å². The summed E-state index contributed by atoms with van der Waals surface area (Å²) in [5, 5.41) is 9.44. The van der Waals surface area contributed by atoms with Crippen molar-refractivity contribution in [3.8, 4) is 11.8 Å². The monoisotopic (exact) mass is 554 g/mol. The Kier molecular flexibility index (Phi) is 8.58. The van der Waals surface area contributed by atoms with E-state index in [0.717, 1.165) is 18.2 Å². The van der Waals surface area contributed by atoms with Gasteiger partial charge in [0.1, 0.15) is 23.5 Å². The number of ether oxygens (including phenoxy) is 1. The highest BCUT2D eigenvalue weighted by atomic mass is 32.2. The largest absolute Gasteiger partial charge is 0.461 e. The Bertz CT molecular complexity index is 1360. The van der Waals surface area contributed by atoms with Crippen molar-refractivity contribution in [3.63, 3.8) is 0 Å². The summed E-state index contributed by atoms with van der Waals surface area (Å²) >= 11 is 0. The Labute approximate surface area is 218 Å². The summed E-state index contributed by atoms with van der Waals surface area (Å²) in [4.78, 5) is 0. The maximum absolute atomic E-state index is 14.8. The molecule has 0 bridgehead atoms. The molecule has 4 nitrogen and oxygen atoms in total. The van der Waals surface area contributed by atoms with Crippen LogP contribution >= 0.6 is 0 Å². The van der Waals surface area contributed by atoms with Gasteiger partial charge in [0.2, 0.25) is 0 Å². The zero-order chi connectivity index (χ0) is 28.3. The van der Waals surface area contributed by atoms with E-state index in [4.69, 9.17) is 0 Å². The van der Waals surface area contributed by atoms with Crippen LogP contribution in [0.2, 0.25) is 0 Å². The molecule has 0 heterocycles. The first-order chi connectivity index (χ1) is 17.7. The predicted octanol–water partition coefficient (Wildman–Crippen LogP) is 6.61. The summed E-state index contributed by atoms with van der Waals surface area (Å²) in [7, 11) is -1.89. The Morgan fingerprint density at radius 2 is 1.63 bits per heavy atom. The molecule has 3 rings (SSSR count). The van der Waals surface area contributed by atoms with E-state index >= 15 is 0 Å². The van der Waals surface area contributed by atoms with Crippen molar-refractivity contribution in [2.45, 2.75) is 50.0 Å². The summed E-state index contributed by atoms with van der Waals surface area (Å²) in [5.74, 6) is -2.86. The Hall–Kier alpha value is -3.36. The molecule has 0 aliphatic rings. The number of benzene rings is 3. The van der Waals surface area contributed by atoms with Crippen molar-refractivity contribution >= 4 is 11.0 Å². The number of nitrogens with one attached hydrogen (secondary N) is 1. The minimum Gasteiger partial charge on any atom is -0.428 e. The maximum atomic E-state index is 14.8. The van der Waals surface area contributed by atoms with Crippen molar-refractivity contribution < 1.29 is 35.3 Å². The van der Waals surface area contributed by atoms with Gasteiger partial charge >= 0.3 is 12.5 Å². The second-order valence-electron chi connectivity index (χ2n) is 9.50. The first kappa shape index (κ1) is 29.2. The van der Waals surface area contributed by atoms with Gasteiger partial charge in [-0.3, -0.25) is 0 Å². The molecule has 0 aliphatic heterocycles. The van der Waals surface area contributed by atoms with E-state index in [0.29, 0.717) is 11.6 Å². The smallest absolute Gasteiger partial charge is 0.428 e. The molecular weight excluding hydrogens is 530 g/mol. The zero-order valence-electron chi connectivity index (χ0n) is 20.6. The van der Waals surface area contributed by atoms with Gasteiger partial charge in [-0.15, -0.1) is 0 Å². The van der Waals surface area contributed by atoms with Gasteiger partial charge in [-0.25, -0.2) is 17.7 Å². The third-order valence-electron chi connectivity index (χ3n) is 5.59. The van der Waals surface area contributed by atoms with E-state index in [-0.39, 0.29) is 23.1 Å². The van der Waals surface area contributed by atoms with Crippen molar-refractivity contribution in [1.29, 1.82) is 5.26 Å². The number of halogens is 6. The summed E-state index contributed by atoms with van der Waals surface area (Å²) in [6.07, 6.45) is -9.19. The van der Waals surface area contributed by atoms with E-state index in [1.807, 2.05) is 0 Å². The topological polar surface area (TPSA) is 62.1 Å². The average Bonchev–Trinajstić information content (AvgIpc) is 2.83.